The van der Waals surface area contributed by atoms with Gasteiger partial charge in [0.1, 0.15) is 42.9 Å². The number of hydrogen-bond donors (Lipinski definition) is 9. The number of unbranched alkanes of at least 4 members (excludes halogenated alkanes) is 1. The molecule has 474 valence electrons. The van der Waals surface area contributed by atoms with Gasteiger partial charge in [0.15, 0.2) is 18.5 Å². The molecule has 84 heavy (non-hydrogen) atoms. The minimum Gasteiger partial charge on any atom is -0.490 e. The van der Waals surface area contributed by atoms with Crippen LogP contribution >= 0.6 is 35.6 Å². The maximum Gasteiger partial charge on any atom is 0.414 e. The number of alkyl halides is 1. The van der Waals surface area contributed by atoms with E-state index in [4.69, 9.17) is 52.4 Å². The molecule has 0 spiro atoms. The summed E-state index contributed by atoms with van der Waals surface area (Å²) in [7, 11) is 0.890. The average Bonchev–Trinajstić information content (AvgIpc) is 3.38. The van der Waals surface area contributed by atoms with E-state index in [-0.39, 0.29) is 101 Å². The number of pyridine rings is 1. The molecule has 1 heterocycles. The standard InChI is InChI=1S/C44H60ClN5O14S.C7H12ClNO4.C3H9NO.ClH/c1-4-50(19-8-7-18-46-42(57)47-24-37(53)40(55)41(56)38(54)26-51)65(59,60)32-13-14-36(45)30(23-32)27-63-44(16-17-44)35-25-49(28-62-43(58)48(3)21-22-61-29(2)52)20-15-33(35)34-9-5-6-10-39(34)64-31-11-12-31;1-6(10)12-4-3-9(2)7(11)13-5-8;1-4-2-3-5;/h5-6,9-10,13-15,20,23,25,31,37-38,40-41,51,53-56H,4,7-8,11-12,16-19,21-22,24,26-28H2,1-3H3,(H-,46,47,57);3-5H2,1-2H3;4-5H,2-3H2,1H3;1H/p+1/t37-,38+,40+,41+;;;/m0.../s1. The van der Waals surface area contributed by atoms with Crippen molar-refractivity contribution in [2.45, 2.75) is 114 Å². The highest BCUT2D eigenvalue weighted by molar-refractivity contribution is 7.89. The molecular formula is C54H83Cl3N7O19S+. The first-order valence-electron chi connectivity index (χ1n) is 26.9. The molecule has 4 amide bonds. The molecule has 1 aromatic heterocycles. The predicted molar refractivity (Wildman–Crippen MR) is 310 cm³/mol. The summed E-state index contributed by atoms with van der Waals surface area (Å²) in [5.41, 5.74) is 2.23. The van der Waals surface area contributed by atoms with Gasteiger partial charge in [-0.3, -0.25) is 9.59 Å². The largest absolute Gasteiger partial charge is 0.490 e. The fraction of sp³-hybridized carbons (Fsp3) is 0.593. The molecule has 2 saturated carbocycles. The van der Waals surface area contributed by atoms with Gasteiger partial charge in [0.2, 0.25) is 10.0 Å². The molecule has 2 fully saturated rings. The van der Waals surface area contributed by atoms with Gasteiger partial charge in [-0.2, -0.15) is 8.87 Å². The van der Waals surface area contributed by atoms with Crippen LogP contribution in [0.15, 0.2) is 65.8 Å². The van der Waals surface area contributed by atoms with Crippen LogP contribution in [0.2, 0.25) is 5.02 Å². The molecule has 26 nitrogen and oxygen atoms in total. The lowest BCUT2D eigenvalue weighted by Gasteiger charge is -2.25. The summed E-state index contributed by atoms with van der Waals surface area (Å²) in [6, 6.07) is 13.3. The van der Waals surface area contributed by atoms with E-state index in [1.807, 2.05) is 36.5 Å². The second-order valence-corrected chi connectivity index (χ2v) is 21.7. The van der Waals surface area contributed by atoms with Gasteiger partial charge in [-0.05, 0) is 75.4 Å². The van der Waals surface area contributed by atoms with Gasteiger partial charge < -0.3 is 84.8 Å². The summed E-state index contributed by atoms with van der Waals surface area (Å²) in [6.45, 7) is 4.96. The number of urea groups is 1. The maximum atomic E-state index is 13.9. The number of benzene rings is 2. The normalized spacial score (nSPS) is 14.5. The number of nitrogens with zero attached hydrogens (tertiary/aromatic N) is 4. The third-order valence-corrected chi connectivity index (χ3v) is 15.0. The van der Waals surface area contributed by atoms with Crippen LogP contribution < -0.4 is 25.3 Å². The molecule has 5 rings (SSSR count). The van der Waals surface area contributed by atoms with E-state index in [0.29, 0.717) is 42.8 Å². The summed E-state index contributed by atoms with van der Waals surface area (Å²) >= 11 is 11.8. The van der Waals surface area contributed by atoms with Crippen molar-refractivity contribution in [3.8, 4) is 16.9 Å². The van der Waals surface area contributed by atoms with E-state index in [9.17, 15) is 52.8 Å². The Kier molecular flexibility index (Phi) is 34.3. The molecule has 2 aliphatic carbocycles. The second-order valence-electron chi connectivity index (χ2n) is 19.2. The lowest BCUT2D eigenvalue weighted by atomic mass is 9.96. The first-order chi connectivity index (χ1) is 39.5. The van der Waals surface area contributed by atoms with Crippen molar-refractivity contribution in [2.24, 2.45) is 0 Å². The molecular weight excluding hydrogens is 1190 g/mol. The van der Waals surface area contributed by atoms with Crippen LogP contribution in [-0.2, 0) is 62.2 Å². The summed E-state index contributed by atoms with van der Waals surface area (Å²) in [6.07, 6.45) is -0.189. The zero-order chi connectivity index (χ0) is 61.7. The SMILES string of the molecule is CC(=O)OCCN(C)C(=O)OCCl.CCN(CCCCNC(=O)NC[C@H](O)[C@@H](O)[C@H](O)[C@H](O)CO)S(=O)(=O)c1ccc(Cl)c(COC2(c3c[n+](COC(=O)N(C)CCOC(C)=O)ccc3-c3ccccc3OC3CC3)CC2)c1.CNCCO.Cl. The highest BCUT2D eigenvalue weighted by atomic mass is 35.5. The van der Waals surface area contributed by atoms with Crippen LogP contribution in [0.3, 0.4) is 0 Å². The zero-order valence-electron chi connectivity index (χ0n) is 48.2. The molecule has 3 aromatic rings. The van der Waals surface area contributed by atoms with Crippen molar-refractivity contribution in [1.82, 2.24) is 30.1 Å². The van der Waals surface area contributed by atoms with Crippen LogP contribution in [-0.4, -0.2) is 213 Å². The van der Waals surface area contributed by atoms with E-state index < -0.39 is 77.4 Å². The van der Waals surface area contributed by atoms with E-state index in [0.717, 1.165) is 35.3 Å². The predicted octanol–water partition coefficient (Wildman–Crippen LogP) is 2.59. The molecule has 0 radical (unpaired) electrons. The number of likely N-dealkylation sites (N-methyl/N-ethyl adjacent to an activating group) is 3. The fourth-order valence-corrected chi connectivity index (χ4v) is 9.32. The minimum atomic E-state index is -3.98. The lowest BCUT2D eigenvalue weighted by Crippen LogP contribution is -2.50. The minimum absolute atomic E-state index is 0. The smallest absolute Gasteiger partial charge is 0.414 e. The summed E-state index contributed by atoms with van der Waals surface area (Å²) in [5.74, 6) is -0.0876. The Morgan fingerprint density at radius 1 is 0.810 bits per heavy atom. The Balaban J connectivity index is 0.00000109. The number of ether oxygens (including phenoxy) is 6. The Bertz CT molecular complexity index is 2620. The Labute approximate surface area is 506 Å². The molecule has 0 bridgehead atoms. The number of carbonyl (C=O) groups excluding carboxylic acids is 5. The summed E-state index contributed by atoms with van der Waals surface area (Å²) in [5, 5.41) is 64.1. The molecule has 0 saturated heterocycles. The molecule has 4 atom stereocenters. The van der Waals surface area contributed by atoms with Gasteiger partial charge in [0.05, 0.1) is 55.6 Å². The quantitative estimate of drug-likeness (QED) is 0.0143. The van der Waals surface area contributed by atoms with Crippen LogP contribution in [0.1, 0.15) is 70.4 Å². The topological polar surface area (TPSA) is 346 Å². The van der Waals surface area contributed by atoms with Gasteiger partial charge in [-0.1, -0.05) is 48.3 Å². The fourth-order valence-electron chi connectivity index (χ4n) is 7.52. The Morgan fingerprint density at radius 2 is 1.43 bits per heavy atom. The van der Waals surface area contributed by atoms with Crippen molar-refractivity contribution >= 4 is 75.8 Å². The zero-order valence-corrected chi connectivity index (χ0v) is 51.3. The van der Waals surface area contributed by atoms with Gasteiger partial charge in [0.25, 0.3) is 6.73 Å². The highest BCUT2D eigenvalue weighted by Gasteiger charge is 2.49. The van der Waals surface area contributed by atoms with E-state index in [1.54, 1.807) is 31.8 Å². The van der Waals surface area contributed by atoms with Crippen LogP contribution in [0.4, 0.5) is 14.4 Å². The summed E-state index contributed by atoms with van der Waals surface area (Å²) in [4.78, 5) is 60.0. The third-order valence-electron chi connectivity index (χ3n) is 12.6. The number of carbonyl (C=O) groups is 5. The number of para-hydroxylation sites is 1. The number of aliphatic hydroxyl groups is 6. The van der Waals surface area contributed by atoms with Gasteiger partial charge in [-0.15, -0.1) is 12.4 Å². The first kappa shape index (κ1) is 74.7. The van der Waals surface area contributed by atoms with Crippen LogP contribution in [0.5, 0.6) is 5.75 Å². The number of rotatable bonds is 32. The van der Waals surface area contributed by atoms with Crippen molar-refractivity contribution in [2.75, 3.05) is 99.4 Å². The second kappa shape index (κ2) is 38.6. The number of sulfonamides is 1. The number of nitrogens with one attached hydrogen (secondary N) is 3. The number of halogens is 3. The molecule has 0 aliphatic heterocycles. The monoisotopic (exact) mass is 1270 g/mol. The molecule has 2 aromatic carbocycles. The number of aliphatic hydroxyl groups excluding tert-OH is 6. The van der Waals surface area contributed by atoms with Crippen molar-refractivity contribution in [3.63, 3.8) is 0 Å². The van der Waals surface area contributed by atoms with Crippen LogP contribution in [0, 0.1) is 0 Å². The molecule has 9 N–H and O–H groups in total. The highest BCUT2D eigenvalue weighted by Crippen LogP contribution is 2.53. The summed E-state index contributed by atoms with van der Waals surface area (Å²) < 4.78 is 63.5. The van der Waals surface area contributed by atoms with Crippen molar-refractivity contribution in [3.05, 3.63) is 77.1 Å². The van der Waals surface area contributed by atoms with Gasteiger partial charge in [0, 0.05) is 82.9 Å². The Hall–Kier alpha value is -5.40. The van der Waals surface area contributed by atoms with Crippen molar-refractivity contribution in [1.29, 1.82) is 0 Å². The number of hydrogen-bond acceptors (Lipinski definition) is 20. The number of esters is 2. The first-order valence-corrected chi connectivity index (χ1v) is 29.2. The average molecular weight is 1270 g/mol. The van der Waals surface area contributed by atoms with E-state index in [2.05, 4.69) is 25.4 Å². The van der Waals surface area contributed by atoms with E-state index in [1.165, 1.54) is 53.2 Å². The Morgan fingerprint density at radius 3 is 1.98 bits per heavy atom. The van der Waals surface area contributed by atoms with Gasteiger partial charge >= 0.3 is 30.2 Å². The maximum absolute atomic E-state index is 13.9. The van der Waals surface area contributed by atoms with Crippen LogP contribution in [0.25, 0.3) is 11.1 Å². The van der Waals surface area contributed by atoms with E-state index >= 15 is 0 Å². The third kappa shape index (κ3) is 25.7. The molecule has 30 heteroatoms. The lowest BCUT2D eigenvalue weighted by molar-refractivity contribution is -0.728. The molecule has 0 unspecified atom stereocenters. The van der Waals surface area contributed by atoms with Crippen molar-refractivity contribution < 1.29 is 96.0 Å². The molecule has 2 aliphatic rings. The van der Waals surface area contributed by atoms with Gasteiger partial charge in [-0.25, -0.2) is 22.8 Å². The number of aromatic nitrogens is 1. The number of amides is 4.